The average Bonchev–Trinajstić information content (AvgIpc) is 2.71. The van der Waals surface area contributed by atoms with E-state index in [-0.39, 0.29) is 0 Å². The van der Waals surface area contributed by atoms with Crippen LogP contribution in [0.1, 0.15) is 5.56 Å². The van der Waals surface area contributed by atoms with Gasteiger partial charge in [-0.25, -0.2) is 9.97 Å². The van der Waals surface area contributed by atoms with Crippen LogP contribution in [0.15, 0.2) is 48.5 Å². The Morgan fingerprint density at radius 3 is 2.46 bits per heavy atom. The van der Waals surface area contributed by atoms with Gasteiger partial charge in [0.05, 0.1) is 19.4 Å². The molecule has 0 radical (unpaired) electrons. The Morgan fingerprint density at radius 1 is 1.00 bits per heavy atom. The van der Waals surface area contributed by atoms with Crippen molar-refractivity contribution in [3.05, 3.63) is 59.1 Å². The van der Waals surface area contributed by atoms with Gasteiger partial charge in [0.1, 0.15) is 17.4 Å². The minimum Gasteiger partial charge on any atom is -0.495 e. The SMILES string of the molecule is COCCNc1cc(Nc2cc(C)c(Cl)cc2OC)nc(-c2ccccc2)n1. The van der Waals surface area contributed by atoms with Gasteiger partial charge < -0.3 is 20.1 Å². The number of hydrogen-bond acceptors (Lipinski definition) is 6. The summed E-state index contributed by atoms with van der Waals surface area (Å²) in [5.41, 5.74) is 2.66. The molecule has 0 aliphatic rings. The summed E-state index contributed by atoms with van der Waals surface area (Å²) in [6.07, 6.45) is 0. The number of halogens is 1. The van der Waals surface area contributed by atoms with Gasteiger partial charge in [0, 0.05) is 36.4 Å². The van der Waals surface area contributed by atoms with Crippen LogP contribution in [-0.4, -0.2) is 37.3 Å². The largest absolute Gasteiger partial charge is 0.495 e. The fourth-order valence-corrected chi connectivity index (χ4v) is 2.82. The van der Waals surface area contributed by atoms with Gasteiger partial charge >= 0.3 is 0 Å². The van der Waals surface area contributed by atoms with Crippen LogP contribution in [0.2, 0.25) is 5.02 Å². The maximum Gasteiger partial charge on any atom is 0.163 e. The van der Waals surface area contributed by atoms with E-state index in [1.54, 1.807) is 20.3 Å². The van der Waals surface area contributed by atoms with E-state index in [4.69, 9.17) is 21.1 Å². The zero-order chi connectivity index (χ0) is 19.9. The van der Waals surface area contributed by atoms with Crippen molar-refractivity contribution in [3.63, 3.8) is 0 Å². The fourth-order valence-electron chi connectivity index (χ4n) is 2.67. The van der Waals surface area contributed by atoms with Gasteiger partial charge in [-0.3, -0.25) is 0 Å². The molecule has 0 amide bonds. The minimum atomic E-state index is 0.581. The molecular formula is C21H23ClN4O2. The third-order valence-electron chi connectivity index (χ3n) is 4.11. The van der Waals surface area contributed by atoms with Gasteiger partial charge in [-0.2, -0.15) is 0 Å². The maximum atomic E-state index is 6.21. The topological polar surface area (TPSA) is 68.3 Å². The number of nitrogens with zero attached hydrogens (tertiary/aromatic N) is 2. The van der Waals surface area contributed by atoms with Crippen molar-refractivity contribution in [1.82, 2.24) is 9.97 Å². The van der Waals surface area contributed by atoms with E-state index in [0.29, 0.717) is 41.4 Å². The van der Waals surface area contributed by atoms with Crippen molar-refractivity contribution in [2.24, 2.45) is 0 Å². The highest BCUT2D eigenvalue weighted by molar-refractivity contribution is 6.31. The van der Waals surface area contributed by atoms with Crippen molar-refractivity contribution >= 4 is 28.9 Å². The van der Waals surface area contributed by atoms with E-state index in [1.165, 1.54) is 0 Å². The van der Waals surface area contributed by atoms with Gasteiger partial charge in [-0.05, 0) is 18.6 Å². The number of aromatic nitrogens is 2. The van der Waals surface area contributed by atoms with Crippen LogP contribution >= 0.6 is 11.6 Å². The predicted molar refractivity (Wildman–Crippen MR) is 114 cm³/mol. The number of aryl methyl sites for hydroxylation is 1. The van der Waals surface area contributed by atoms with Crippen molar-refractivity contribution in [1.29, 1.82) is 0 Å². The normalized spacial score (nSPS) is 10.6. The quantitative estimate of drug-likeness (QED) is 0.525. The number of nitrogens with one attached hydrogen (secondary N) is 2. The summed E-state index contributed by atoms with van der Waals surface area (Å²) in [5, 5.41) is 7.24. The fraction of sp³-hybridized carbons (Fsp3) is 0.238. The summed E-state index contributed by atoms with van der Waals surface area (Å²) in [6.45, 7) is 3.17. The summed E-state index contributed by atoms with van der Waals surface area (Å²) in [4.78, 5) is 9.29. The van der Waals surface area contributed by atoms with Crippen LogP contribution in [0.4, 0.5) is 17.3 Å². The number of benzene rings is 2. The number of rotatable bonds is 8. The molecule has 0 atom stereocenters. The van der Waals surface area contributed by atoms with Crippen LogP contribution in [0.3, 0.4) is 0 Å². The van der Waals surface area contributed by atoms with Crippen molar-refractivity contribution in [2.45, 2.75) is 6.92 Å². The summed E-state index contributed by atoms with van der Waals surface area (Å²) in [6, 6.07) is 15.4. The first-order valence-corrected chi connectivity index (χ1v) is 9.27. The van der Waals surface area contributed by atoms with Gasteiger partial charge in [0.25, 0.3) is 0 Å². The van der Waals surface area contributed by atoms with Gasteiger partial charge in [0.2, 0.25) is 0 Å². The van der Waals surface area contributed by atoms with Gasteiger partial charge in [0.15, 0.2) is 5.82 Å². The molecule has 7 heteroatoms. The molecule has 0 aliphatic carbocycles. The number of ether oxygens (including phenoxy) is 2. The molecule has 0 aliphatic heterocycles. The average molecular weight is 399 g/mol. The van der Waals surface area contributed by atoms with E-state index >= 15 is 0 Å². The van der Waals surface area contributed by atoms with Crippen LogP contribution in [-0.2, 0) is 4.74 Å². The third kappa shape index (κ3) is 4.91. The molecule has 0 saturated carbocycles. The van der Waals surface area contributed by atoms with E-state index < -0.39 is 0 Å². The van der Waals surface area contributed by atoms with Crippen LogP contribution in [0.5, 0.6) is 5.75 Å². The molecule has 2 N–H and O–H groups in total. The molecule has 0 saturated heterocycles. The molecule has 1 heterocycles. The molecule has 0 bridgehead atoms. The molecule has 3 aromatic rings. The lowest BCUT2D eigenvalue weighted by molar-refractivity contribution is 0.210. The van der Waals surface area contributed by atoms with Gasteiger partial charge in [-0.1, -0.05) is 41.9 Å². The van der Waals surface area contributed by atoms with E-state index in [1.807, 2.05) is 49.4 Å². The highest BCUT2D eigenvalue weighted by atomic mass is 35.5. The molecule has 0 unspecified atom stereocenters. The van der Waals surface area contributed by atoms with Crippen molar-refractivity contribution < 1.29 is 9.47 Å². The summed E-state index contributed by atoms with van der Waals surface area (Å²) in [5.74, 6) is 2.62. The maximum absolute atomic E-state index is 6.21. The first kappa shape index (κ1) is 19.9. The third-order valence-corrected chi connectivity index (χ3v) is 4.52. The highest BCUT2D eigenvalue weighted by Crippen LogP contribution is 2.33. The molecule has 0 fully saturated rings. The molecule has 0 spiro atoms. The predicted octanol–water partition coefficient (Wildman–Crippen LogP) is 4.92. The first-order chi connectivity index (χ1) is 13.6. The van der Waals surface area contributed by atoms with E-state index in [0.717, 1.165) is 16.8 Å². The molecule has 6 nitrogen and oxygen atoms in total. The standard InChI is InChI=1S/C21H23ClN4O2/c1-14-11-17(18(28-3)12-16(14)22)24-20-13-19(23-9-10-27-2)25-21(26-20)15-7-5-4-6-8-15/h4-8,11-13H,9-10H2,1-3H3,(H2,23,24,25,26). The molecule has 2 aromatic carbocycles. The monoisotopic (exact) mass is 398 g/mol. The Labute approximate surface area is 169 Å². The molecule has 3 rings (SSSR count). The highest BCUT2D eigenvalue weighted by Gasteiger charge is 2.11. The zero-order valence-corrected chi connectivity index (χ0v) is 16.9. The Bertz CT molecular complexity index is 935. The second-order valence-corrected chi connectivity index (χ2v) is 6.58. The summed E-state index contributed by atoms with van der Waals surface area (Å²) >= 11 is 6.21. The Balaban J connectivity index is 1.97. The lowest BCUT2D eigenvalue weighted by Crippen LogP contribution is -2.10. The summed E-state index contributed by atoms with van der Waals surface area (Å²) < 4.78 is 10.6. The molecule has 28 heavy (non-hydrogen) atoms. The lowest BCUT2D eigenvalue weighted by atomic mass is 10.2. The molecule has 146 valence electrons. The van der Waals surface area contributed by atoms with Crippen molar-refractivity contribution in [2.75, 3.05) is 38.0 Å². The number of methoxy groups -OCH3 is 2. The van der Waals surface area contributed by atoms with E-state index in [9.17, 15) is 0 Å². The van der Waals surface area contributed by atoms with Crippen LogP contribution in [0, 0.1) is 6.92 Å². The minimum absolute atomic E-state index is 0.581. The zero-order valence-electron chi connectivity index (χ0n) is 16.1. The second kappa shape index (κ2) is 9.39. The Kier molecular flexibility index (Phi) is 6.68. The molecular weight excluding hydrogens is 376 g/mol. The van der Waals surface area contributed by atoms with E-state index in [2.05, 4.69) is 20.6 Å². The number of hydrogen-bond donors (Lipinski definition) is 2. The molecule has 1 aromatic heterocycles. The van der Waals surface area contributed by atoms with Crippen LogP contribution < -0.4 is 15.4 Å². The lowest BCUT2D eigenvalue weighted by Gasteiger charge is -2.15. The second-order valence-electron chi connectivity index (χ2n) is 6.17. The summed E-state index contributed by atoms with van der Waals surface area (Å²) in [7, 11) is 3.28. The first-order valence-electron chi connectivity index (χ1n) is 8.89. The number of anilines is 3. The van der Waals surface area contributed by atoms with Gasteiger partial charge in [-0.15, -0.1) is 0 Å². The Morgan fingerprint density at radius 2 is 1.75 bits per heavy atom. The van der Waals surface area contributed by atoms with Crippen LogP contribution in [0.25, 0.3) is 11.4 Å². The van der Waals surface area contributed by atoms with Crippen molar-refractivity contribution in [3.8, 4) is 17.1 Å². The smallest absolute Gasteiger partial charge is 0.163 e. The Hall–Kier alpha value is -2.83.